The summed E-state index contributed by atoms with van der Waals surface area (Å²) in [5.41, 5.74) is -3.05. The minimum absolute atomic E-state index is 0.0340. The van der Waals surface area contributed by atoms with Crippen molar-refractivity contribution in [2.24, 2.45) is 4.99 Å². The monoisotopic (exact) mass is 452 g/mol. The summed E-state index contributed by atoms with van der Waals surface area (Å²) in [4.78, 5) is 19.5. The number of benzene rings is 1. The highest BCUT2D eigenvalue weighted by atomic mass is 19.3. The van der Waals surface area contributed by atoms with Crippen LogP contribution in [0.25, 0.3) is 0 Å². The van der Waals surface area contributed by atoms with E-state index in [-0.39, 0.29) is 21.5 Å². The maximum Gasteiger partial charge on any atom is 0.321 e. The molecule has 1 N–H and O–H groups in total. The van der Waals surface area contributed by atoms with Crippen molar-refractivity contribution in [3.63, 3.8) is 0 Å². The molecule has 3 heterocycles. The number of nitrogens with one attached hydrogen (secondary N) is 1. The van der Waals surface area contributed by atoms with Gasteiger partial charge in [-0.1, -0.05) is 6.07 Å². The van der Waals surface area contributed by atoms with E-state index in [2.05, 4.69) is 15.3 Å². The molecule has 0 saturated carbocycles. The first-order chi connectivity index (χ1) is 15.1. The molecule has 2 atom stereocenters. The molecule has 5 nitrogen and oxygen atoms in total. The molecule has 0 spiro atoms. The molecular formula is C21H14F6N4O. The number of rotatable bonds is 4. The first-order valence-electron chi connectivity index (χ1n) is 9.28. The topological polar surface area (TPSA) is 59.3 Å². The smallest absolute Gasteiger partial charge is 0.321 e. The Morgan fingerprint density at radius 3 is 2.50 bits per heavy atom. The summed E-state index contributed by atoms with van der Waals surface area (Å²) in [6.07, 6.45) is 1.96. The van der Waals surface area contributed by atoms with Gasteiger partial charge in [0, 0.05) is 29.6 Å². The summed E-state index contributed by atoms with van der Waals surface area (Å²) in [6, 6.07) is 5.25. The Bertz CT molecular complexity index is 1290. The number of aromatic nitrogens is 2. The van der Waals surface area contributed by atoms with E-state index >= 15 is 0 Å². The third kappa shape index (κ3) is 3.33. The van der Waals surface area contributed by atoms with Crippen molar-refractivity contribution in [3.05, 3.63) is 99.2 Å². The van der Waals surface area contributed by atoms with E-state index < -0.39 is 52.7 Å². The molecule has 0 amide bonds. The number of alkyl halides is 2. The van der Waals surface area contributed by atoms with E-state index in [0.29, 0.717) is 6.07 Å². The summed E-state index contributed by atoms with van der Waals surface area (Å²) in [6.45, 7) is -1.59. The van der Waals surface area contributed by atoms with E-state index in [0.717, 1.165) is 30.6 Å². The van der Waals surface area contributed by atoms with Gasteiger partial charge in [0.15, 0.2) is 17.5 Å². The second-order valence-electron chi connectivity index (χ2n) is 7.12. The van der Waals surface area contributed by atoms with Crippen molar-refractivity contribution in [2.45, 2.75) is 25.1 Å². The van der Waals surface area contributed by atoms with Gasteiger partial charge >= 0.3 is 6.55 Å². The number of hydrogen-bond acceptors (Lipinski definition) is 4. The van der Waals surface area contributed by atoms with Gasteiger partial charge < -0.3 is 5.32 Å². The molecule has 1 aromatic carbocycles. The Morgan fingerprint density at radius 2 is 1.81 bits per heavy atom. The van der Waals surface area contributed by atoms with Crippen LogP contribution in [0.3, 0.4) is 0 Å². The number of aliphatic imine (C=N–C) groups is 1. The molecule has 1 unspecified atom stereocenters. The van der Waals surface area contributed by atoms with Crippen LogP contribution in [-0.2, 0) is 5.54 Å². The van der Waals surface area contributed by atoms with Crippen molar-refractivity contribution < 1.29 is 26.3 Å². The van der Waals surface area contributed by atoms with Crippen molar-refractivity contribution in [1.29, 1.82) is 0 Å². The minimum atomic E-state index is -3.12. The summed E-state index contributed by atoms with van der Waals surface area (Å²) < 4.78 is 83.1. The van der Waals surface area contributed by atoms with Gasteiger partial charge in [-0.3, -0.25) is 9.36 Å². The third-order valence-corrected chi connectivity index (χ3v) is 5.30. The van der Waals surface area contributed by atoms with E-state index in [4.69, 9.17) is 0 Å². The maximum atomic E-state index is 14.9. The molecule has 0 radical (unpaired) electrons. The van der Waals surface area contributed by atoms with Gasteiger partial charge in [-0.05, 0) is 36.8 Å². The molecule has 4 rings (SSSR count). The van der Waals surface area contributed by atoms with E-state index in [1.807, 2.05) is 0 Å². The van der Waals surface area contributed by atoms with Gasteiger partial charge in [-0.2, -0.15) is 13.2 Å². The van der Waals surface area contributed by atoms with Crippen LogP contribution in [0, 0.1) is 23.4 Å². The Morgan fingerprint density at radius 1 is 1.06 bits per heavy atom. The Balaban J connectivity index is 1.99. The molecule has 0 bridgehead atoms. The van der Waals surface area contributed by atoms with Crippen LogP contribution in [0.2, 0.25) is 0 Å². The van der Waals surface area contributed by atoms with Crippen LogP contribution < -0.4 is 10.9 Å². The Labute approximate surface area is 177 Å². The number of hydrogen-bond donors (Lipinski definition) is 1. The number of halogens is 6. The SMILES string of the molecule is C[C@@H]1NC(c2ccc(=O)n(C(F)F)c2)=NC1(c1ccnc(F)c1)c1ccc(F)c(F)c1F. The largest absolute Gasteiger partial charge is 0.364 e. The normalized spacial score (nSPS) is 20.4. The predicted octanol–water partition coefficient (Wildman–Crippen LogP) is 3.88. The zero-order chi connectivity index (χ0) is 23.2. The van der Waals surface area contributed by atoms with Gasteiger partial charge in [0.05, 0.1) is 6.04 Å². The van der Waals surface area contributed by atoms with E-state index in [1.165, 1.54) is 19.1 Å². The standard InChI is InChI=1S/C21H14F6N4O/c1-10-21(12-6-7-28-15(23)8-12,13-3-4-14(22)18(25)17(13)24)30-19(29-10)11-2-5-16(32)31(9-11)20(26)27/h2-10,20H,1H3,(H,29,30)/t10-,21?/m0/s1. The fourth-order valence-electron chi connectivity index (χ4n) is 3.78. The van der Waals surface area contributed by atoms with Crippen LogP contribution in [0.15, 0.2) is 58.6 Å². The molecular weight excluding hydrogens is 438 g/mol. The number of amidine groups is 1. The zero-order valence-electron chi connectivity index (χ0n) is 16.3. The fraction of sp³-hybridized carbons (Fsp3) is 0.190. The first-order valence-corrected chi connectivity index (χ1v) is 9.28. The van der Waals surface area contributed by atoms with Crippen LogP contribution in [0.5, 0.6) is 0 Å². The molecule has 32 heavy (non-hydrogen) atoms. The van der Waals surface area contributed by atoms with E-state index in [9.17, 15) is 31.1 Å². The van der Waals surface area contributed by atoms with Crippen LogP contribution >= 0.6 is 0 Å². The Hall–Kier alpha value is -3.63. The zero-order valence-corrected chi connectivity index (χ0v) is 16.3. The summed E-state index contributed by atoms with van der Waals surface area (Å²) in [5, 5.41) is 2.89. The Kier molecular flexibility index (Phi) is 5.27. The lowest BCUT2D eigenvalue weighted by atomic mass is 9.78. The van der Waals surface area contributed by atoms with Crippen molar-refractivity contribution in [1.82, 2.24) is 14.9 Å². The van der Waals surface area contributed by atoms with Crippen molar-refractivity contribution in [2.75, 3.05) is 0 Å². The average Bonchev–Trinajstić information content (AvgIpc) is 3.10. The average molecular weight is 452 g/mol. The summed E-state index contributed by atoms with van der Waals surface area (Å²) in [5.74, 6) is -5.65. The molecule has 0 saturated heterocycles. The quantitative estimate of drug-likeness (QED) is 0.372. The second kappa shape index (κ2) is 7.81. The van der Waals surface area contributed by atoms with Crippen LogP contribution in [0.1, 0.15) is 30.2 Å². The van der Waals surface area contributed by atoms with Gasteiger partial charge in [0.1, 0.15) is 11.4 Å². The molecule has 1 aliphatic heterocycles. The predicted molar refractivity (Wildman–Crippen MR) is 102 cm³/mol. The van der Waals surface area contributed by atoms with Gasteiger partial charge in [-0.15, -0.1) is 0 Å². The lowest BCUT2D eigenvalue weighted by Crippen LogP contribution is -2.42. The minimum Gasteiger partial charge on any atom is -0.364 e. The summed E-state index contributed by atoms with van der Waals surface area (Å²) in [7, 11) is 0. The molecule has 3 aromatic rings. The highest BCUT2D eigenvalue weighted by molar-refractivity contribution is 6.01. The van der Waals surface area contributed by atoms with Crippen molar-refractivity contribution in [3.8, 4) is 0 Å². The first kappa shape index (κ1) is 21.6. The third-order valence-electron chi connectivity index (χ3n) is 5.30. The number of pyridine rings is 2. The molecule has 166 valence electrons. The molecule has 1 aliphatic rings. The van der Waals surface area contributed by atoms with Crippen molar-refractivity contribution >= 4 is 5.84 Å². The van der Waals surface area contributed by atoms with Crippen LogP contribution in [-0.4, -0.2) is 21.4 Å². The van der Waals surface area contributed by atoms with Gasteiger partial charge in [0.2, 0.25) is 5.95 Å². The fourth-order valence-corrected chi connectivity index (χ4v) is 3.78. The maximum absolute atomic E-state index is 14.9. The molecule has 11 heteroatoms. The lowest BCUT2D eigenvalue weighted by molar-refractivity contribution is 0.0663. The molecule has 2 aromatic heterocycles. The molecule has 0 fully saturated rings. The second-order valence-corrected chi connectivity index (χ2v) is 7.12. The van der Waals surface area contributed by atoms with Crippen LogP contribution in [0.4, 0.5) is 26.3 Å². The summed E-state index contributed by atoms with van der Waals surface area (Å²) >= 11 is 0. The van der Waals surface area contributed by atoms with E-state index in [1.54, 1.807) is 0 Å². The lowest BCUT2D eigenvalue weighted by Gasteiger charge is -2.32. The highest BCUT2D eigenvalue weighted by Gasteiger charge is 2.47. The highest BCUT2D eigenvalue weighted by Crippen LogP contribution is 2.42. The number of nitrogens with zero attached hydrogens (tertiary/aromatic N) is 3. The molecule has 0 aliphatic carbocycles. The van der Waals surface area contributed by atoms with Gasteiger partial charge in [0.25, 0.3) is 5.56 Å². The van der Waals surface area contributed by atoms with Gasteiger partial charge in [-0.25, -0.2) is 23.1 Å².